The fourth-order valence-electron chi connectivity index (χ4n) is 2.52. The second kappa shape index (κ2) is 8.55. The highest BCUT2D eigenvalue weighted by molar-refractivity contribution is 8.01. The summed E-state index contributed by atoms with van der Waals surface area (Å²) in [5, 5.41) is 13.1. The molecular weight excluding hydrogens is 416 g/mol. The molecule has 28 heavy (non-hydrogen) atoms. The van der Waals surface area contributed by atoms with Crippen molar-refractivity contribution in [3.05, 3.63) is 47.2 Å². The molecule has 0 spiro atoms. The molecule has 1 aliphatic rings. The molecule has 3 aromatic rings. The number of benzene rings is 1. The molecule has 0 saturated heterocycles. The Morgan fingerprint density at radius 1 is 1.29 bits per heavy atom. The van der Waals surface area contributed by atoms with Gasteiger partial charge in [-0.05, 0) is 49.2 Å². The van der Waals surface area contributed by atoms with Gasteiger partial charge in [0.05, 0.1) is 12.3 Å². The average molecular weight is 435 g/mol. The lowest BCUT2D eigenvalue weighted by molar-refractivity contribution is -0.127. The molecule has 0 bridgehead atoms. The molecule has 0 unspecified atom stereocenters. The maximum absolute atomic E-state index is 12.4. The van der Waals surface area contributed by atoms with E-state index in [1.165, 1.54) is 35.9 Å². The molecule has 0 radical (unpaired) electrons. The van der Waals surface area contributed by atoms with Gasteiger partial charge in [-0.2, -0.15) is 0 Å². The van der Waals surface area contributed by atoms with E-state index in [1.807, 2.05) is 36.4 Å². The Labute approximate surface area is 176 Å². The number of hydrogen-bond donors (Lipinski definition) is 1. The molecule has 4 rings (SSSR count). The smallest absolute Gasteiger partial charge is 0.233 e. The lowest BCUT2D eigenvalue weighted by atomic mass is 10.2. The minimum atomic E-state index is 0.0151. The van der Waals surface area contributed by atoms with E-state index in [4.69, 9.17) is 16.0 Å². The minimum absolute atomic E-state index is 0.0151. The van der Waals surface area contributed by atoms with Crippen molar-refractivity contribution in [3.63, 3.8) is 0 Å². The highest BCUT2D eigenvalue weighted by Crippen LogP contribution is 2.30. The number of carbonyl (C=O) groups excluding carboxylic acids is 1. The summed E-state index contributed by atoms with van der Waals surface area (Å²) < 4.78 is 6.67. The highest BCUT2D eigenvalue weighted by atomic mass is 35.5. The molecule has 9 heteroatoms. The molecule has 1 aliphatic carbocycles. The first-order valence-electron chi connectivity index (χ1n) is 8.88. The van der Waals surface area contributed by atoms with E-state index in [0.717, 1.165) is 26.6 Å². The van der Waals surface area contributed by atoms with E-state index in [2.05, 4.69) is 15.5 Å². The fraction of sp³-hybridized carbons (Fsp3) is 0.316. The summed E-state index contributed by atoms with van der Waals surface area (Å²) in [5.74, 6) is 1.82. The van der Waals surface area contributed by atoms with E-state index in [1.54, 1.807) is 11.9 Å². The number of hydrogen-bond acceptors (Lipinski definition) is 7. The molecule has 2 heterocycles. The first-order chi connectivity index (χ1) is 13.6. The summed E-state index contributed by atoms with van der Waals surface area (Å²) in [6, 6.07) is 11.8. The number of carbonyl (C=O) groups is 1. The molecule has 1 N–H and O–H groups in total. The number of halogens is 1. The first kappa shape index (κ1) is 19.3. The third kappa shape index (κ3) is 5.06. The van der Waals surface area contributed by atoms with E-state index < -0.39 is 0 Å². The van der Waals surface area contributed by atoms with Crippen molar-refractivity contribution in [3.8, 4) is 11.3 Å². The summed E-state index contributed by atoms with van der Waals surface area (Å²) in [6.07, 6.45) is 2.38. The lowest BCUT2D eigenvalue weighted by Gasteiger charge is -2.14. The second-order valence-corrected chi connectivity index (χ2v) is 9.24. The van der Waals surface area contributed by atoms with Gasteiger partial charge in [0.1, 0.15) is 11.5 Å². The van der Waals surface area contributed by atoms with Crippen molar-refractivity contribution in [2.24, 2.45) is 0 Å². The monoisotopic (exact) mass is 434 g/mol. The van der Waals surface area contributed by atoms with Gasteiger partial charge >= 0.3 is 0 Å². The number of anilines is 1. The van der Waals surface area contributed by atoms with E-state index in [9.17, 15) is 4.79 Å². The number of rotatable bonds is 8. The van der Waals surface area contributed by atoms with Crippen LogP contribution in [0.4, 0.5) is 5.13 Å². The van der Waals surface area contributed by atoms with Crippen LogP contribution in [-0.4, -0.2) is 39.8 Å². The van der Waals surface area contributed by atoms with Crippen LogP contribution in [0.25, 0.3) is 11.3 Å². The third-order valence-corrected chi connectivity index (χ3v) is 6.46. The molecule has 1 amide bonds. The summed E-state index contributed by atoms with van der Waals surface area (Å²) in [7, 11) is 1.77. The number of furan rings is 1. The van der Waals surface area contributed by atoms with Crippen molar-refractivity contribution in [1.82, 2.24) is 15.1 Å². The average Bonchev–Trinajstić information content (AvgIpc) is 3.19. The van der Waals surface area contributed by atoms with Crippen LogP contribution in [0.5, 0.6) is 0 Å². The number of thioether (sulfide) groups is 1. The Hall–Kier alpha value is -2.03. The summed E-state index contributed by atoms with van der Waals surface area (Å²) in [6.45, 7) is 0.414. The van der Waals surface area contributed by atoms with Gasteiger partial charge in [0.15, 0.2) is 4.34 Å². The zero-order valence-electron chi connectivity index (χ0n) is 15.2. The van der Waals surface area contributed by atoms with Crippen molar-refractivity contribution in [1.29, 1.82) is 0 Å². The molecule has 6 nitrogen and oxygen atoms in total. The number of nitrogens with one attached hydrogen (secondary N) is 1. The van der Waals surface area contributed by atoms with Crippen molar-refractivity contribution < 1.29 is 9.21 Å². The van der Waals surface area contributed by atoms with E-state index in [-0.39, 0.29) is 5.91 Å². The standard InChI is InChI=1S/C19H19ClN4O2S2/c1-24(10-15-8-9-16(26-15)12-2-4-13(20)5-3-12)17(25)11-27-19-23-22-18(28-19)21-14-6-7-14/h2-5,8-9,14H,6-7,10-11H2,1H3,(H,21,22). The Bertz CT molecular complexity index is 953. The van der Waals surface area contributed by atoms with E-state index >= 15 is 0 Å². The Kier molecular flexibility index (Phi) is 5.89. The molecule has 1 fully saturated rings. The quantitative estimate of drug-likeness (QED) is 0.514. The van der Waals surface area contributed by atoms with Crippen LogP contribution in [0.2, 0.25) is 5.02 Å². The number of aromatic nitrogens is 2. The highest BCUT2D eigenvalue weighted by Gasteiger charge is 2.22. The van der Waals surface area contributed by atoms with Gasteiger partial charge in [0.2, 0.25) is 11.0 Å². The van der Waals surface area contributed by atoms with Gasteiger partial charge in [0, 0.05) is 23.7 Å². The topological polar surface area (TPSA) is 71.3 Å². The molecule has 1 aromatic carbocycles. The molecule has 1 saturated carbocycles. The van der Waals surface area contributed by atoms with Crippen molar-refractivity contribution in [2.75, 3.05) is 18.1 Å². The summed E-state index contributed by atoms with van der Waals surface area (Å²) >= 11 is 8.82. The Morgan fingerprint density at radius 3 is 2.82 bits per heavy atom. The maximum Gasteiger partial charge on any atom is 0.233 e. The van der Waals surface area contributed by atoms with Gasteiger partial charge in [-0.25, -0.2) is 0 Å². The first-order valence-corrected chi connectivity index (χ1v) is 11.1. The van der Waals surface area contributed by atoms with Gasteiger partial charge in [-0.1, -0.05) is 34.7 Å². The number of amides is 1. The SMILES string of the molecule is CN(Cc1ccc(-c2ccc(Cl)cc2)o1)C(=O)CSc1nnc(NC2CC2)s1. The van der Waals surface area contributed by atoms with Gasteiger partial charge in [0.25, 0.3) is 0 Å². The fourth-order valence-corrected chi connectivity index (χ4v) is 4.41. The Morgan fingerprint density at radius 2 is 2.07 bits per heavy atom. The predicted octanol–water partition coefficient (Wildman–Crippen LogP) is 4.78. The van der Waals surface area contributed by atoms with Crippen LogP contribution in [0.1, 0.15) is 18.6 Å². The third-order valence-electron chi connectivity index (χ3n) is 4.24. The van der Waals surface area contributed by atoms with Crippen LogP contribution in [0, 0.1) is 0 Å². The van der Waals surface area contributed by atoms with Crippen molar-refractivity contribution >= 4 is 45.7 Å². The van der Waals surface area contributed by atoms with Crippen LogP contribution in [0.3, 0.4) is 0 Å². The van der Waals surface area contributed by atoms with Crippen LogP contribution in [0.15, 0.2) is 45.2 Å². The van der Waals surface area contributed by atoms with Gasteiger partial charge in [-0.3, -0.25) is 4.79 Å². The minimum Gasteiger partial charge on any atom is -0.459 e. The van der Waals surface area contributed by atoms with Gasteiger partial charge < -0.3 is 14.6 Å². The summed E-state index contributed by atoms with van der Waals surface area (Å²) in [4.78, 5) is 14.1. The zero-order chi connectivity index (χ0) is 19.5. The molecule has 0 aliphatic heterocycles. The normalized spacial score (nSPS) is 13.5. The molecule has 0 atom stereocenters. The maximum atomic E-state index is 12.4. The lowest BCUT2D eigenvalue weighted by Crippen LogP contribution is -2.27. The van der Waals surface area contributed by atoms with Gasteiger partial charge in [-0.15, -0.1) is 10.2 Å². The number of nitrogens with zero attached hydrogens (tertiary/aromatic N) is 3. The molecule has 146 valence electrons. The van der Waals surface area contributed by atoms with Crippen LogP contribution >= 0.6 is 34.7 Å². The summed E-state index contributed by atoms with van der Waals surface area (Å²) in [5.41, 5.74) is 0.951. The van der Waals surface area contributed by atoms with Crippen molar-refractivity contribution in [2.45, 2.75) is 29.8 Å². The Balaban J connectivity index is 1.28. The second-order valence-electron chi connectivity index (χ2n) is 6.60. The van der Waals surface area contributed by atoms with E-state index in [0.29, 0.717) is 23.4 Å². The van der Waals surface area contributed by atoms with Crippen LogP contribution < -0.4 is 5.32 Å². The molecule has 2 aromatic heterocycles. The molecular formula is C19H19ClN4O2S2. The van der Waals surface area contributed by atoms with Crippen LogP contribution in [-0.2, 0) is 11.3 Å². The zero-order valence-corrected chi connectivity index (χ0v) is 17.6. The predicted molar refractivity (Wildman–Crippen MR) is 113 cm³/mol. The largest absolute Gasteiger partial charge is 0.459 e.